The van der Waals surface area contributed by atoms with Crippen LogP contribution < -0.4 is 10.0 Å². The van der Waals surface area contributed by atoms with Gasteiger partial charge < -0.3 is 15.0 Å². The molecule has 0 spiro atoms. The smallest absolute Gasteiger partial charge is 0.251 e. The van der Waals surface area contributed by atoms with Gasteiger partial charge in [-0.3, -0.25) is 4.79 Å². The predicted molar refractivity (Wildman–Crippen MR) is 120 cm³/mol. The maximum atomic E-state index is 12.7. The summed E-state index contributed by atoms with van der Waals surface area (Å²) in [4.78, 5) is 15.7. The van der Waals surface area contributed by atoms with Crippen molar-refractivity contribution in [2.45, 2.75) is 30.3 Å². The van der Waals surface area contributed by atoms with Gasteiger partial charge in [-0.2, -0.15) is 0 Å². The molecule has 0 radical (unpaired) electrons. The van der Waals surface area contributed by atoms with E-state index in [2.05, 4.69) is 15.0 Å². The zero-order chi connectivity index (χ0) is 21.8. The van der Waals surface area contributed by atoms with Crippen LogP contribution in [0, 0.1) is 0 Å². The minimum atomic E-state index is -3.86. The van der Waals surface area contributed by atoms with E-state index in [1.165, 1.54) is 18.2 Å². The highest BCUT2D eigenvalue weighted by Crippen LogP contribution is 2.23. The molecule has 1 saturated heterocycles. The van der Waals surface area contributed by atoms with E-state index in [0.29, 0.717) is 19.6 Å². The molecular formula is C22H24ClN3O4S. The Labute approximate surface area is 186 Å². The number of H-pyrrole nitrogens is 1. The van der Waals surface area contributed by atoms with Crippen LogP contribution in [-0.4, -0.2) is 45.1 Å². The van der Waals surface area contributed by atoms with Crippen molar-refractivity contribution in [3.8, 4) is 0 Å². The molecule has 9 heteroatoms. The molecule has 0 saturated carbocycles. The van der Waals surface area contributed by atoms with Crippen LogP contribution in [0.5, 0.6) is 0 Å². The zero-order valence-corrected chi connectivity index (χ0v) is 18.4. The predicted octanol–water partition coefficient (Wildman–Crippen LogP) is 3.25. The van der Waals surface area contributed by atoms with E-state index in [4.69, 9.17) is 16.3 Å². The lowest BCUT2D eigenvalue weighted by Gasteiger charge is -2.13. The number of hydrogen-bond acceptors (Lipinski definition) is 4. The Morgan fingerprint density at radius 1 is 1.23 bits per heavy atom. The molecule has 3 aromatic rings. The molecule has 1 aliphatic rings. The average molecular weight is 462 g/mol. The quantitative estimate of drug-likeness (QED) is 0.479. The van der Waals surface area contributed by atoms with Gasteiger partial charge >= 0.3 is 0 Å². The molecule has 1 amide bonds. The molecule has 2 aromatic carbocycles. The first kappa shape index (κ1) is 21.8. The van der Waals surface area contributed by atoms with Gasteiger partial charge in [-0.05, 0) is 49.1 Å². The summed E-state index contributed by atoms with van der Waals surface area (Å²) in [7, 11) is -3.86. The third kappa shape index (κ3) is 5.10. The molecule has 7 nitrogen and oxygen atoms in total. The van der Waals surface area contributed by atoms with Gasteiger partial charge in [0.15, 0.2) is 0 Å². The fourth-order valence-electron chi connectivity index (χ4n) is 3.69. The maximum absolute atomic E-state index is 12.7. The standard InChI is InChI=1S/C22H24ClN3O4S/c23-19-8-7-15(12-21(19)31(28,29)26-14-17-4-3-11-30-17)22(27)24-10-9-16-13-25-20-6-2-1-5-18(16)20/h1-2,5-8,12-13,17,25-26H,3-4,9-11,14H2,(H,24,27). The maximum Gasteiger partial charge on any atom is 0.251 e. The van der Waals surface area contributed by atoms with Gasteiger partial charge in [-0.1, -0.05) is 29.8 Å². The van der Waals surface area contributed by atoms with Crippen molar-refractivity contribution in [1.29, 1.82) is 0 Å². The van der Waals surface area contributed by atoms with Gasteiger partial charge in [-0.25, -0.2) is 13.1 Å². The Morgan fingerprint density at radius 2 is 2.06 bits per heavy atom. The zero-order valence-electron chi connectivity index (χ0n) is 16.9. The van der Waals surface area contributed by atoms with Crippen molar-refractivity contribution in [2.75, 3.05) is 19.7 Å². The largest absolute Gasteiger partial charge is 0.377 e. The van der Waals surface area contributed by atoms with E-state index >= 15 is 0 Å². The fraction of sp³-hybridized carbons (Fsp3) is 0.318. The molecule has 2 heterocycles. The van der Waals surface area contributed by atoms with Crippen molar-refractivity contribution in [3.63, 3.8) is 0 Å². The molecule has 0 aliphatic carbocycles. The summed E-state index contributed by atoms with van der Waals surface area (Å²) in [6, 6.07) is 12.2. The average Bonchev–Trinajstić information content (AvgIpc) is 3.43. The third-order valence-electron chi connectivity index (χ3n) is 5.36. The van der Waals surface area contributed by atoms with E-state index in [-0.39, 0.29) is 34.0 Å². The van der Waals surface area contributed by atoms with Crippen LogP contribution in [0.2, 0.25) is 5.02 Å². The minimum absolute atomic E-state index is 0.0650. The van der Waals surface area contributed by atoms with E-state index in [9.17, 15) is 13.2 Å². The highest BCUT2D eigenvalue weighted by molar-refractivity contribution is 7.89. The van der Waals surface area contributed by atoms with Crippen LogP contribution in [-0.2, 0) is 21.2 Å². The second-order valence-electron chi connectivity index (χ2n) is 7.50. The van der Waals surface area contributed by atoms with Gasteiger partial charge in [0.25, 0.3) is 5.91 Å². The summed E-state index contributed by atoms with van der Waals surface area (Å²) in [6.45, 7) is 1.24. The molecule has 1 atom stereocenters. The van der Waals surface area contributed by atoms with E-state index in [1.807, 2.05) is 30.5 Å². The van der Waals surface area contributed by atoms with Crippen LogP contribution in [0.3, 0.4) is 0 Å². The molecule has 1 aromatic heterocycles. The Kier molecular flexibility index (Phi) is 6.62. The minimum Gasteiger partial charge on any atom is -0.377 e. The van der Waals surface area contributed by atoms with Gasteiger partial charge in [-0.15, -0.1) is 0 Å². The molecule has 31 heavy (non-hydrogen) atoms. The number of nitrogens with one attached hydrogen (secondary N) is 3. The molecule has 3 N–H and O–H groups in total. The van der Waals surface area contributed by atoms with Crippen LogP contribution in [0.1, 0.15) is 28.8 Å². The number of aromatic amines is 1. The van der Waals surface area contributed by atoms with E-state index in [1.54, 1.807) is 0 Å². The molecular weight excluding hydrogens is 438 g/mol. The lowest BCUT2D eigenvalue weighted by atomic mass is 10.1. The lowest BCUT2D eigenvalue weighted by Crippen LogP contribution is -2.32. The van der Waals surface area contributed by atoms with Crippen molar-refractivity contribution in [1.82, 2.24) is 15.0 Å². The number of para-hydroxylation sites is 1. The second kappa shape index (κ2) is 9.40. The third-order valence-corrected chi connectivity index (χ3v) is 7.27. The van der Waals surface area contributed by atoms with Crippen LogP contribution in [0.25, 0.3) is 10.9 Å². The second-order valence-corrected chi connectivity index (χ2v) is 9.64. The summed E-state index contributed by atoms with van der Waals surface area (Å²) in [5, 5.41) is 4.03. The summed E-state index contributed by atoms with van der Waals surface area (Å²) in [5.74, 6) is -0.355. The highest BCUT2D eigenvalue weighted by atomic mass is 35.5. The van der Waals surface area contributed by atoms with Crippen LogP contribution >= 0.6 is 11.6 Å². The number of hydrogen-bond donors (Lipinski definition) is 3. The normalized spacial score (nSPS) is 16.6. The monoisotopic (exact) mass is 461 g/mol. The summed E-state index contributed by atoms with van der Waals surface area (Å²) >= 11 is 6.12. The first-order valence-corrected chi connectivity index (χ1v) is 12.0. The molecule has 1 fully saturated rings. The number of halogens is 1. The van der Waals surface area contributed by atoms with E-state index < -0.39 is 10.0 Å². The first-order valence-electron chi connectivity index (χ1n) is 10.2. The Balaban J connectivity index is 1.40. The van der Waals surface area contributed by atoms with Crippen molar-refractivity contribution < 1.29 is 17.9 Å². The van der Waals surface area contributed by atoms with Crippen molar-refractivity contribution in [3.05, 3.63) is 64.8 Å². The van der Waals surface area contributed by atoms with Gasteiger partial charge in [0, 0.05) is 42.4 Å². The Morgan fingerprint density at radius 3 is 2.87 bits per heavy atom. The number of aromatic nitrogens is 1. The summed E-state index contributed by atoms with van der Waals surface area (Å²) in [5.41, 5.74) is 2.39. The van der Waals surface area contributed by atoms with E-state index in [0.717, 1.165) is 29.3 Å². The number of sulfonamides is 1. The first-order chi connectivity index (χ1) is 14.9. The Hall–Kier alpha value is -2.39. The lowest BCUT2D eigenvalue weighted by molar-refractivity contribution is 0.0954. The SMILES string of the molecule is O=C(NCCc1c[nH]c2ccccc12)c1ccc(Cl)c(S(=O)(=O)NCC2CCCO2)c1. The van der Waals surface area contributed by atoms with Gasteiger partial charge in [0.1, 0.15) is 4.90 Å². The number of carbonyl (C=O) groups is 1. The number of rotatable bonds is 8. The Bertz CT molecular complexity index is 1190. The van der Waals surface area contributed by atoms with Crippen molar-refractivity contribution in [2.24, 2.45) is 0 Å². The molecule has 1 unspecified atom stereocenters. The fourth-order valence-corrected chi connectivity index (χ4v) is 5.28. The number of benzene rings is 2. The highest BCUT2D eigenvalue weighted by Gasteiger charge is 2.23. The molecule has 1 aliphatic heterocycles. The van der Waals surface area contributed by atoms with Crippen LogP contribution in [0.15, 0.2) is 53.6 Å². The number of ether oxygens (including phenoxy) is 1. The van der Waals surface area contributed by atoms with Crippen molar-refractivity contribution >= 4 is 38.4 Å². The van der Waals surface area contributed by atoms with Crippen LogP contribution in [0.4, 0.5) is 0 Å². The van der Waals surface area contributed by atoms with Gasteiger partial charge in [0.05, 0.1) is 11.1 Å². The number of amides is 1. The molecule has 164 valence electrons. The topological polar surface area (TPSA) is 100 Å². The molecule has 0 bridgehead atoms. The molecule has 4 rings (SSSR count). The van der Waals surface area contributed by atoms with Gasteiger partial charge in [0.2, 0.25) is 10.0 Å². The summed E-state index contributed by atoms with van der Waals surface area (Å²) in [6.07, 6.45) is 4.18. The number of carbonyl (C=O) groups excluding carboxylic acids is 1. The summed E-state index contributed by atoms with van der Waals surface area (Å²) < 4.78 is 33.4. The number of fused-ring (bicyclic) bond motifs is 1.